The molecule has 0 atom stereocenters. The first-order chi connectivity index (χ1) is 9.78. The quantitative estimate of drug-likeness (QED) is 0.697. The van der Waals surface area contributed by atoms with Crippen LogP contribution in [0.3, 0.4) is 0 Å². The zero-order chi connectivity index (χ0) is 14.5. The van der Waals surface area contributed by atoms with Gasteiger partial charge in [-0.2, -0.15) is 0 Å². The van der Waals surface area contributed by atoms with Crippen molar-refractivity contribution in [1.29, 1.82) is 0 Å². The fourth-order valence-electron chi connectivity index (χ4n) is 2.06. The van der Waals surface area contributed by atoms with Gasteiger partial charge >= 0.3 is 0 Å². The van der Waals surface area contributed by atoms with Gasteiger partial charge in [0.05, 0.1) is 17.4 Å². The molecule has 0 spiro atoms. The summed E-state index contributed by atoms with van der Waals surface area (Å²) in [4.78, 5) is 4.32. The van der Waals surface area contributed by atoms with Gasteiger partial charge in [-0.1, -0.05) is 13.8 Å². The van der Waals surface area contributed by atoms with Crippen LogP contribution in [-0.4, -0.2) is 16.6 Å². The molecule has 0 radical (unpaired) electrons. The van der Waals surface area contributed by atoms with Crippen molar-refractivity contribution in [3.05, 3.63) is 48.8 Å². The van der Waals surface area contributed by atoms with E-state index in [4.69, 9.17) is 5.73 Å². The molecule has 104 valence electrons. The summed E-state index contributed by atoms with van der Waals surface area (Å²) in [5, 5.41) is 4.14. The number of nitrogens with two attached hydrogens (primary N) is 1. The molecule has 3 aromatic rings. The van der Waals surface area contributed by atoms with Gasteiger partial charge < -0.3 is 15.6 Å². The molecule has 0 aliphatic rings. The number of fused-ring (bicyclic) bond motifs is 1. The standard InChI is InChI=1S/C14H14N4.C2H6/c1-16-14-5-3-12(9-17-14)18-7-6-10-8-11(15)2-4-13(10)18;1-2/h2-9H,15H2,1H3,(H,16,17);1-2H3. The van der Waals surface area contributed by atoms with Crippen LogP contribution in [0.15, 0.2) is 48.8 Å². The van der Waals surface area contributed by atoms with Crippen molar-refractivity contribution in [2.24, 2.45) is 0 Å². The Morgan fingerprint density at radius 3 is 2.55 bits per heavy atom. The minimum absolute atomic E-state index is 0.781. The van der Waals surface area contributed by atoms with Crippen molar-refractivity contribution < 1.29 is 0 Å². The molecular weight excluding hydrogens is 248 g/mol. The molecule has 0 fully saturated rings. The maximum atomic E-state index is 5.78. The summed E-state index contributed by atoms with van der Waals surface area (Å²) in [7, 11) is 1.86. The SMILES string of the molecule is CC.CNc1ccc(-n2ccc3cc(N)ccc32)cn1. The van der Waals surface area contributed by atoms with Crippen molar-refractivity contribution in [2.45, 2.75) is 13.8 Å². The van der Waals surface area contributed by atoms with Crippen LogP contribution in [0, 0.1) is 0 Å². The molecule has 0 saturated carbocycles. The van der Waals surface area contributed by atoms with E-state index in [0.717, 1.165) is 28.1 Å². The van der Waals surface area contributed by atoms with Gasteiger partial charge in [-0.15, -0.1) is 0 Å². The summed E-state index contributed by atoms with van der Waals surface area (Å²) in [6.07, 6.45) is 3.88. The molecule has 1 aromatic carbocycles. The van der Waals surface area contributed by atoms with E-state index in [0.29, 0.717) is 0 Å². The van der Waals surface area contributed by atoms with Crippen LogP contribution in [0.25, 0.3) is 16.6 Å². The van der Waals surface area contributed by atoms with E-state index in [2.05, 4.69) is 20.9 Å². The summed E-state index contributed by atoms with van der Waals surface area (Å²) in [5.74, 6) is 0.861. The minimum atomic E-state index is 0.781. The number of rotatable bonds is 2. The normalized spacial score (nSPS) is 9.95. The average Bonchev–Trinajstić information content (AvgIpc) is 2.92. The number of hydrogen-bond donors (Lipinski definition) is 2. The summed E-state index contributed by atoms with van der Waals surface area (Å²) < 4.78 is 2.10. The Hall–Kier alpha value is -2.49. The van der Waals surface area contributed by atoms with E-state index in [1.807, 2.05) is 63.6 Å². The van der Waals surface area contributed by atoms with E-state index < -0.39 is 0 Å². The molecule has 0 bridgehead atoms. The number of nitrogen functional groups attached to an aromatic ring is 1. The fraction of sp³-hybridized carbons (Fsp3) is 0.188. The average molecular weight is 268 g/mol. The lowest BCUT2D eigenvalue weighted by Gasteiger charge is -2.06. The molecule has 0 saturated heterocycles. The molecule has 0 aliphatic carbocycles. The number of aromatic nitrogens is 2. The van der Waals surface area contributed by atoms with Crippen molar-refractivity contribution in [3.8, 4) is 5.69 Å². The highest BCUT2D eigenvalue weighted by Crippen LogP contribution is 2.22. The smallest absolute Gasteiger partial charge is 0.125 e. The molecule has 0 unspecified atom stereocenters. The Bertz CT molecular complexity index is 683. The second kappa shape index (κ2) is 6.10. The van der Waals surface area contributed by atoms with Crippen LogP contribution < -0.4 is 11.1 Å². The monoisotopic (exact) mass is 268 g/mol. The highest BCUT2D eigenvalue weighted by molar-refractivity contribution is 5.84. The van der Waals surface area contributed by atoms with Gasteiger partial charge in [0.2, 0.25) is 0 Å². The first-order valence-corrected chi connectivity index (χ1v) is 6.79. The molecule has 2 heterocycles. The van der Waals surface area contributed by atoms with Crippen molar-refractivity contribution >= 4 is 22.4 Å². The van der Waals surface area contributed by atoms with Gasteiger partial charge in [-0.05, 0) is 36.4 Å². The molecule has 4 heteroatoms. The predicted octanol–water partition coefficient (Wildman–Crippen LogP) is 3.68. The number of hydrogen-bond acceptors (Lipinski definition) is 3. The van der Waals surface area contributed by atoms with E-state index in [1.165, 1.54) is 0 Å². The lowest BCUT2D eigenvalue weighted by Crippen LogP contribution is -1.96. The largest absolute Gasteiger partial charge is 0.399 e. The molecule has 0 amide bonds. The van der Waals surface area contributed by atoms with Crippen molar-refractivity contribution in [3.63, 3.8) is 0 Å². The Kier molecular flexibility index (Phi) is 4.25. The first-order valence-electron chi connectivity index (χ1n) is 6.79. The number of pyridine rings is 1. The zero-order valence-corrected chi connectivity index (χ0v) is 12.1. The number of benzene rings is 1. The van der Waals surface area contributed by atoms with E-state index in [9.17, 15) is 0 Å². The van der Waals surface area contributed by atoms with Gasteiger partial charge in [0.1, 0.15) is 5.82 Å². The van der Waals surface area contributed by atoms with Crippen LogP contribution in [0.4, 0.5) is 11.5 Å². The molecule has 20 heavy (non-hydrogen) atoms. The zero-order valence-electron chi connectivity index (χ0n) is 12.1. The third-order valence-corrected chi connectivity index (χ3v) is 3.00. The first kappa shape index (κ1) is 13.9. The van der Waals surface area contributed by atoms with Crippen LogP contribution in [0.2, 0.25) is 0 Å². The Morgan fingerprint density at radius 2 is 1.90 bits per heavy atom. The molecule has 4 nitrogen and oxygen atoms in total. The third kappa shape index (κ3) is 2.59. The van der Waals surface area contributed by atoms with E-state index >= 15 is 0 Å². The highest BCUT2D eigenvalue weighted by Gasteiger charge is 2.03. The van der Waals surface area contributed by atoms with Gasteiger partial charge in [0, 0.05) is 24.3 Å². The summed E-state index contributed by atoms with van der Waals surface area (Å²) in [6.45, 7) is 4.00. The Labute approximate surface area is 119 Å². The van der Waals surface area contributed by atoms with Gasteiger partial charge in [-0.3, -0.25) is 0 Å². The highest BCUT2D eigenvalue weighted by atomic mass is 15.0. The topological polar surface area (TPSA) is 55.9 Å². The van der Waals surface area contributed by atoms with Crippen LogP contribution in [0.5, 0.6) is 0 Å². The number of nitrogens with one attached hydrogen (secondary N) is 1. The Morgan fingerprint density at radius 1 is 1.10 bits per heavy atom. The van der Waals surface area contributed by atoms with E-state index in [1.54, 1.807) is 0 Å². The summed E-state index contributed by atoms with van der Waals surface area (Å²) in [5.41, 5.74) is 8.73. The maximum absolute atomic E-state index is 5.78. The molecule has 2 aromatic heterocycles. The lowest BCUT2D eigenvalue weighted by atomic mass is 10.2. The van der Waals surface area contributed by atoms with Crippen LogP contribution in [0.1, 0.15) is 13.8 Å². The number of anilines is 2. The molecule has 3 rings (SSSR count). The predicted molar refractivity (Wildman–Crippen MR) is 86.4 cm³/mol. The van der Waals surface area contributed by atoms with Gasteiger partial charge in [0.25, 0.3) is 0 Å². The second-order valence-corrected chi connectivity index (χ2v) is 4.16. The molecule has 0 aliphatic heterocycles. The minimum Gasteiger partial charge on any atom is -0.399 e. The van der Waals surface area contributed by atoms with E-state index in [-0.39, 0.29) is 0 Å². The van der Waals surface area contributed by atoms with Gasteiger partial charge in [0.15, 0.2) is 0 Å². The van der Waals surface area contributed by atoms with Crippen molar-refractivity contribution in [1.82, 2.24) is 9.55 Å². The summed E-state index contributed by atoms with van der Waals surface area (Å²) in [6, 6.07) is 12.0. The third-order valence-electron chi connectivity index (χ3n) is 3.00. The maximum Gasteiger partial charge on any atom is 0.125 e. The molecule has 3 N–H and O–H groups in total. The Balaban J connectivity index is 0.000000704. The van der Waals surface area contributed by atoms with Crippen LogP contribution >= 0.6 is 0 Å². The second-order valence-electron chi connectivity index (χ2n) is 4.16. The summed E-state index contributed by atoms with van der Waals surface area (Å²) >= 11 is 0. The van der Waals surface area contributed by atoms with Crippen LogP contribution in [-0.2, 0) is 0 Å². The molecular formula is C16H20N4. The van der Waals surface area contributed by atoms with Crippen molar-refractivity contribution in [2.75, 3.05) is 18.1 Å². The van der Waals surface area contributed by atoms with Gasteiger partial charge in [-0.25, -0.2) is 4.98 Å². The number of nitrogens with zero attached hydrogens (tertiary/aromatic N) is 2. The lowest BCUT2D eigenvalue weighted by molar-refractivity contribution is 1.10. The fourth-order valence-corrected chi connectivity index (χ4v) is 2.06.